The molecule has 3 fully saturated rings. The van der Waals surface area contributed by atoms with Crippen LogP contribution < -0.4 is 0 Å². The molecule has 4 nitrogen and oxygen atoms in total. The Labute approximate surface area is 110 Å². The van der Waals surface area contributed by atoms with Crippen LogP contribution in [-0.2, 0) is 9.47 Å². The molecule has 3 aliphatic rings. The summed E-state index contributed by atoms with van der Waals surface area (Å²) >= 11 is 0. The number of hydrogen-bond donors (Lipinski definition) is 0. The molecule has 0 aromatic rings. The maximum Gasteiger partial charge on any atom is 0.0646 e. The lowest BCUT2D eigenvalue weighted by atomic mass is 9.95. The fourth-order valence-corrected chi connectivity index (χ4v) is 4.16. The minimum Gasteiger partial charge on any atom is -0.383 e. The second kappa shape index (κ2) is 5.45. The molecule has 0 aromatic carbocycles. The van der Waals surface area contributed by atoms with Crippen molar-refractivity contribution in [1.82, 2.24) is 9.80 Å². The third-order valence-electron chi connectivity index (χ3n) is 5.02. The second-order valence-electron chi connectivity index (χ2n) is 6.06. The lowest BCUT2D eigenvalue weighted by Crippen LogP contribution is -2.50. The Hall–Kier alpha value is -0.160. The third-order valence-corrected chi connectivity index (χ3v) is 5.02. The summed E-state index contributed by atoms with van der Waals surface area (Å²) < 4.78 is 10.9. The van der Waals surface area contributed by atoms with Gasteiger partial charge in [-0.1, -0.05) is 0 Å². The van der Waals surface area contributed by atoms with E-state index in [0.717, 1.165) is 39.0 Å². The van der Waals surface area contributed by atoms with Gasteiger partial charge in [-0.05, 0) is 32.2 Å². The smallest absolute Gasteiger partial charge is 0.0646 e. The Kier molecular flexibility index (Phi) is 3.89. The minimum atomic E-state index is 0.381. The Morgan fingerprint density at radius 2 is 2.06 bits per heavy atom. The number of morpholine rings is 1. The van der Waals surface area contributed by atoms with Gasteiger partial charge in [-0.2, -0.15) is 0 Å². The summed E-state index contributed by atoms with van der Waals surface area (Å²) in [5, 5.41) is 0. The minimum absolute atomic E-state index is 0.381. The highest BCUT2D eigenvalue weighted by atomic mass is 16.5. The van der Waals surface area contributed by atoms with E-state index >= 15 is 0 Å². The summed E-state index contributed by atoms with van der Waals surface area (Å²) in [7, 11) is 1.85. The van der Waals surface area contributed by atoms with Crippen molar-refractivity contribution >= 4 is 0 Å². The van der Waals surface area contributed by atoms with Crippen LogP contribution in [0, 0.1) is 0 Å². The molecule has 0 radical (unpaired) electrons. The molecular weight excluding hydrogens is 228 g/mol. The maximum absolute atomic E-state index is 5.49. The number of ether oxygens (including phenoxy) is 2. The van der Waals surface area contributed by atoms with Crippen molar-refractivity contribution in [2.75, 3.05) is 53.1 Å². The van der Waals surface area contributed by atoms with Crippen LogP contribution in [0.2, 0.25) is 0 Å². The lowest BCUT2D eigenvalue weighted by Gasteiger charge is -2.37. The highest BCUT2D eigenvalue weighted by Crippen LogP contribution is 2.42. The molecule has 0 spiro atoms. The van der Waals surface area contributed by atoms with E-state index in [1.807, 2.05) is 7.11 Å². The van der Waals surface area contributed by atoms with E-state index in [2.05, 4.69) is 9.80 Å². The van der Waals surface area contributed by atoms with Crippen LogP contribution in [0.3, 0.4) is 0 Å². The van der Waals surface area contributed by atoms with Crippen LogP contribution in [0.4, 0.5) is 0 Å². The zero-order chi connectivity index (χ0) is 12.4. The largest absolute Gasteiger partial charge is 0.383 e. The van der Waals surface area contributed by atoms with Gasteiger partial charge in [0, 0.05) is 38.3 Å². The van der Waals surface area contributed by atoms with E-state index in [-0.39, 0.29) is 0 Å². The quantitative estimate of drug-likeness (QED) is 0.746. The first-order chi connectivity index (χ1) is 8.84. The maximum atomic E-state index is 5.49. The van der Waals surface area contributed by atoms with Gasteiger partial charge >= 0.3 is 0 Å². The van der Waals surface area contributed by atoms with Gasteiger partial charge in [0.25, 0.3) is 0 Å². The van der Waals surface area contributed by atoms with Crippen LogP contribution in [-0.4, -0.2) is 74.5 Å². The van der Waals surface area contributed by atoms with Crippen molar-refractivity contribution in [3.63, 3.8) is 0 Å². The number of rotatable bonds is 4. The summed E-state index contributed by atoms with van der Waals surface area (Å²) in [6, 6.07) is 0.751. The highest BCUT2D eigenvalue weighted by molar-refractivity contribution is 5.05. The van der Waals surface area contributed by atoms with E-state index < -0.39 is 0 Å². The van der Waals surface area contributed by atoms with Gasteiger partial charge in [0.05, 0.1) is 19.8 Å². The Morgan fingerprint density at radius 1 is 1.22 bits per heavy atom. The molecule has 2 unspecified atom stereocenters. The number of methoxy groups -OCH3 is 1. The molecule has 3 rings (SSSR count). The van der Waals surface area contributed by atoms with Crippen molar-refractivity contribution in [3.05, 3.63) is 0 Å². The highest BCUT2D eigenvalue weighted by Gasteiger charge is 2.49. The molecule has 3 heterocycles. The topological polar surface area (TPSA) is 24.9 Å². The number of hydrogen-bond acceptors (Lipinski definition) is 4. The summed E-state index contributed by atoms with van der Waals surface area (Å²) in [5.41, 5.74) is 0.381. The van der Waals surface area contributed by atoms with Crippen molar-refractivity contribution < 1.29 is 9.47 Å². The standard InChI is InChI=1S/C14H26N2O2/c1-17-12-14-4-2-6-16(14)13(3-5-14)11-15-7-9-18-10-8-15/h13H,2-12H2,1H3. The first kappa shape index (κ1) is 12.9. The summed E-state index contributed by atoms with van der Waals surface area (Å²) in [5.74, 6) is 0. The number of fused-ring (bicyclic) bond motifs is 1. The first-order valence-electron chi connectivity index (χ1n) is 7.40. The average Bonchev–Trinajstić information content (AvgIpc) is 2.92. The van der Waals surface area contributed by atoms with E-state index in [4.69, 9.17) is 9.47 Å². The van der Waals surface area contributed by atoms with Gasteiger partial charge in [0.2, 0.25) is 0 Å². The molecule has 0 aromatic heterocycles. The molecule has 3 aliphatic heterocycles. The predicted octanol–water partition coefficient (Wildman–Crippen LogP) is 0.962. The van der Waals surface area contributed by atoms with Gasteiger partial charge in [0.1, 0.15) is 0 Å². The molecule has 0 amide bonds. The van der Waals surface area contributed by atoms with Crippen molar-refractivity contribution in [2.24, 2.45) is 0 Å². The molecule has 3 saturated heterocycles. The Balaban J connectivity index is 1.60. The van der Waals surface area contributed by atoms with Crippen LogP contribution in [0.5, 0.6) is 0 Å². The fraction of sp³-hybridized carbons (Fsp3) is 1.00. The van der Waals surface area contributed by atoms with Crippen LogP contribution >= 0.6 is 0 Å². The molecule has 2 atom stereocenters. The van der Waals surface area contributed by atoms with Gasteiger partial charge in [-0.3, -0.25) is 9.80 Å². The zero-order valence-electron chi connectivity index (χ0n) is 11.6. The Bertz CT molecular complexity index is 281. The molecule has 4 heteroatoms. The van der Waals surface area contributed by atoms with Crippen molar-refractivity contribution in [2.45, 2.75) is 37.3 Å². The Morgan fingerprint density at radius 3 is 2.83 bits per heavy atom. The van der Waals surface area contributed by atoms with Crippen molar-refractivity contribution in [1.29, 1.82) is 0 Å². The normalized spacial score (nSPS) is 38.2. The molecule has 18 heavy (non-hydrogen) atoms. The van der Waals surface area contributed by atoms with Gasteiger partial charge < -0.3 is 9.47 Å². The molecule has 104 valence electrons. The molecule has 0 aliphatic carbocycles. The van der Waals surface area contributed by atoms with Crippen LogP contribution in [0.1, 0.15) is 25.7 Å². The van der Waals surface area contributed by atoms with E-state index in [9.17, 15) is 0 Å². The summed E-state index contributed by atoms with van der Waals surface area (Å²) in [6.45, 7) is 7.48. The average molecular weight is 254 g/mol. The first-order valence-corrected chi connectivity index (χ1v) is 7.40. The summed E-state index contributed by atoms with van der Waals surface area (Å²) in [6.07, 6.45) is 5.36. The number of nitrogens with zero attached hydrogens (tertiary/aromatic N) is 2. The lowest BCUT2D eigenvalue weighted by molar-refractivity contribution is 0.0114. The third kappa shape index (κ3) is 2.31. The van der Waals surface area contributed by atoms with Crippen LogP contribution in [0.25, 0.3) is 0 Å². The molecular formula is C14H26N2O2. The second-order valence-corrected chi connectivity index (χ2v) is 6.06. The molecule has 0 saturated carbocycles. The van der Waals surface area contributed by atoms with Gasteiger partial charge in [0.15, 0.2) is 0 Å². The molecule has 0 bridgehead atoms. The SMILES string of the molecule is COCC12CCCN1C(CN1CCOCC1)CC2. The van der Waals surface area contributed by atoms with Crippen molar-refractivity contribution in [3.8, 4) is 0 Å². The predicted molar refractivity (Wildman–Crippen MR) is 70.8 cm³/mol. The summed E-state index contributed by atoms with van der Waals surface area (Å²) in [4.78, 5) is 5.33. The zero-order valence-corrected chi connectivity index (χ0v) is 11.6. The fourth-order valence-electron chi connectivity index (χ4n) is 4.16. The monoisotopic (exact) mass is 254 g/mol. The molecule has 0 N–H and O–H groups in total. The van der Waals surface area contributed by atoms with E-state index in [0.29, 0.717) is 5.54 Å². The van der Waals surface area contributed by atoms with Crippen LogP contribution in [0.15, 0.2) is 0 Å². The van der Waals surface area contributed by atoms with E-state index in [1.165, 1.54) is 38.8 Å². The van der Waals surface area contributed by atoms with Gasteiger partial charge in [-0.15, -0.1) is 0 Å². The van der Waals surface area contributed by atoms with E-state index in [1.54, 1.807) is 0 Å². The van der Waals surface area contributed by atoms with Gasteiger partial charge in [-0.25, -0.2) is 0 Å².